The second kappa shape index (κ2) is 4.54. The molecule has 2 rings (SSSR count). The summed E-state index contributed by atoms with van der Waals surface area (Å²) in [6.45, 7) is 0. The molecule has 0 amide bonds. The van der Waals surface area contributed by atoms with Gasteiger partial charge < -0.3 is 10.8 Å². The summed E-state index contributed by atoms with van der Waals surface area (Å²) in [6.07, 6.45) is -4.46. The Morgan fingerprint density at radius 1 is 1.37 bits per heavy atom. The fraction of sp³-hybridized carbons (Fsp3) is 0.0909. The molecule has 0 unspecified atom stereocenters. The Morgan fingerprint density at radius 2 is 2.05 bits per heavy atom. The molecule has 0 bridgehead atoms. The van der Waals surface area contributed by atoms with Crippen LogP contribution >= 0.6 is 11.3 Å². The fourth-order valence-corrected chi connectivity index (χ4v) is 2.26. The van der Waals surface area contributed by atoms with Crippen LogP contribution in [0.2, 0.25) is 0 Å². The lowest BCUT2D eigenvalue weighted by atomic mass is 10.1. The van der Waals surface area contributed by atoms with Crippen molar-refractivity contribution in [3.63, 3.8) is 0 Å². The summed E-state index contributed by atoms with van der Waals surface area (Å²) in [5.74, 6) is -1.31. The SMILES string of the molecule is Nc1sc(-c2cccc(C(F)(F)F)c2)nc1C(=O)O. The van der Waals surface area contributed by atoms with Crippen molar-refractivity contribution in [1.29, 1.82) is 0 Å². The number of hydrogen-bond donors (Lipinski definition) is 2. The first-order chi connectivity index (χ1) is 8.79. The van der Waals surface area contributed by atoms with Crippen LogP contribution in [-0.2, 0) is 6.18 Å². The number of alkyl halides is 3. The maximum absolute atomic E-state index is 12.6. The van der Waals surface area contributed by atoms with E-state index in [1.807, 2.05) is 0 Å². The van der Waals surface area contributed by atoms with Gasteiger partial charge in [0.2, 0.25) is 0 Å². The lowest BCUT2D eigenvalue weighted by molar-refractivity contribution is -0.137. The molecule has 0 aliphatic heterocycles. The third-order valence-electron chi connectivity index (χ3n) is 2.29. The van der Waals surface area contributed by atoms with E-state index in [2.05, 4.69) is 4.98 Å². The van der Waals surface area contributed by atoms with Crippen LogP contribution in [0.15, 0.2) is 24.3 Å². The molecule has 0 saturated heterocycles. The van der Waals surface area contributed by atoms with E-state index < -0.39 is 17.7 Å². The largest absolute Gasteiger partial charge is 0.476 e. The van der Waals surface area contributed by atoms with Crippen LogP contribution in [0.4, 0.5) is 18.2 Å². The highest BCUT2D eigenvalue weighted by Gasteiger charge is 2.30. The molecular weight excluding hydrogens is 281 g/mol. The van der Waals surface area contributed by atoms with Crippen molar-refractivity contribution in [2.24, 2.45) is 0 Å². The van der Waals surface area contributed by atoms with Crippen molar-refractivity contribution in [1.82, 2.24) is 4.98 Å². The highest BCUT2D eigenvalue weighted by Crippen LogP contribution is 2.34. The van der Waals surface area contributed by atoms with Crippen LogP contribution in [-0.4, -0.2) is 16.1 Å². The fourth-order valence-electron chi connectivity index (χ4n) is 1.44. The zero-order valence-electron chi connectivity index (χ0n) is 9.23. The predicted octanol–water partition coefficient (Wildman–Crippen LogP) is 3.11. The number of aromatic nitrogens is 1. The number of nitrogens with two attached hydrogens (primary N) is 1. The summed E-state index contributed by atoms with van der Waals surface area (Å²) in [5.41, 5.74) is 4.46. The monoisotopic (exact) mass is 288 g/mol. The average Bonchev–Trinajstić information content (AvgIpc) is 2.70. The van der Waals surface area contributed by atoms with E-state index in [0.29, 0.717) is 0 Å². The predicted molar refractivity (Wildman–Crippen MR) is 63.9 cm³/mol. The van der Waals surface area contributed by atoms with Gasteiger partial charge in [-0.1, -0.05) is 23.5 Å². The molecule has 0 fully saturated rings. The number of halogens is 3. The molecule has 1 aromatic heterocycles. The van der Waals surface area contributed by atoms with Crippen LogP contribution in [0.5, 0.6) is 0 Å². The smallest absolute Gasteiger partial charge is 0.416 e. The Kier molecular flexibility index (Phi) is 3.19. The normalized spacial score (nSPS) is 11.5. The van der Waals surface area contributed by atoms with Crippen molar-refractivity contribution in [2.75, 3.05) is 5.73 Å². The lowest BCUT2D eigenvalue weighted by Crippen LogP contribution is -2.04. The molecule has 8 heteroatoms. The van der Waals surface area contributed by atoms with Gasteiger partial charge in [0.25, 0.3) is 0 Å². The van der Waals surface area contributed by atoms with Crippen LogP contribution < -0.4 is 5.73 Å². The van der Waals surface area contributed by atoms with Gasteiger partial charge in [-0.2, -0.15) is 13.2 Å². The minimum atomic E-state index is -4.46. The first kappa shape index (κ1) is 13.3. The molecule has 0 spiro atoms. The van der Waals surface area contributed by atoms with Gasteiger partial charge in [0.1, 0.15) is 10.0 Å². The zero-order chi connectivity index (χ0) is 14.2. The molecule has 0 aliphatic carbocycles. The molecule has 0 saturated carbocycles. The standard InChI is InChI=1S/C11H7F3N2O2S/c12-11(13,14)6-3-1-2-5(4-6)9-16-7(10(17)18)8(15)19-9/h1-4H,15H2,(H,17,18). The second-order valence-electron chi connectivity index (χ2n) is 3.62. The molecule has 2 aromatic rings. The number of carboxylic acids is 1. The van der Waals surface area contributed by atoms with Crippen molar-refractivity contribution < 1.29 is 23.1 Å². The molecule has 0 aliphatic rings. The number of nitrogens with zero attached hydrogens (tertiary/aromatic N) is 1. The van der Waals surface area contributed by atoms with E-state index in [-0.39, 0.29) is 21.3 Å². The van der Waals surface area contributed by atoms with E-state index in [1.54, 1.807) is 0 Å². The number of anilines is 1. The highest BCUT2D eigenvalue weighted by molar-refractivity contribution is 7.19. The number of benzene rings is 1. The molecule has 100 valence electrons. The summed E-state index contributed by atoms with van der Waals surface area (Å²) in [6, 6.07) is 4.48. The van der Waals surface area contributed by atoms with E-state index in [9.17, 15) is 18.0 Å². The topological polar surface area (TPSA) is 76.2 Å². The Hall–Kier alpha value is -2.09. The van der Waals surface area contributed by atoms with Crippen molar-refractivity contribution >= 4 is 22.3 Å². The van der Waals surface area contributed by atoms with E-state index in [0.717, 1.165) is 23.5 Å². The number of aromatic carboxylic acids is 1. The summed E-state index contributed by atoms with van der Waals surface area (Å²) in [7, 11) is 0. The molecule has 1 aromatic carbocycles. The number of thiazole rings is 1. The molecule has 19 heavy (non-hydrogen) atoms. The number of carboxylic acid groups (broad SMARTS) is 1. The number of rotatable bonds is 2. The molecule has 3 N–H and O–H groups in total. The molecule has 1 heterocycles. The van der Waals surface area contributed by atoms with Gasteiger partial charge in [-0.15, -0.1) is 0 Å². The van der Waals surface area contributed by atoms with Gasteiger partial charge in [0.15, 0.2) is 5.69 Å². The zero-order valence-corrected chi connectivity index (χ0v) is 10.0. The quantitative estimate of drug-likeness (QED) is 0.890. The van der Waals surface area contributed by atoms with Gasteiger partial charge >= 0.3 is 12.1 Å². The summed E-state index contributed by atoms with van der Waals surface area (Å²) in [4.78, 5) is 14.5. The van der Waals surface area contributed by atoms with Crippen molar-refractivity contribution in [3.8, 4) is 10.6 Å². The summed E-state index contributed by atoms with van der Waals surface area (Å²) < 4.78 is 37.7. The summed E-state index contributed by atoms with van der Waals surface area (Å²) in [5, 5.41) is 8.89. The second-order valence-corrected chi connectivity index (χ2v) is 4.65. The minimum Gasteiger partial charge on any atom is -0.476 e. The Morgan fingerprint density at radius 3 is 2.58 bits per heavy atom. The van der Waals surface area contributed by atoms with Crippen molar-refractivity contribution in [3.05, 3.63) is 35.5 Å². The highest BCUT2D eigenvalue weighted by atomic mass is 32.1. The molecular formula is C11H7F3N2O2S. The van der Waals surface area contributed by atoms with Crippen LogP contribution in [0.1, 0.15) is 16.1 Å². The van der Waals surface area contributed by atoms with E-state index in [1.165, 1.54) is 12.1 Å². The Balaban J connectivity index is 2.48. The van der Waals surface area contributed by atoms with Gasteiger partial charge in [-0.25, -0.2) is 9.78 Å². The number of carbonyl (C=O) groups is 1. The van der Waals surface area contributed by atoms with Gasteiger partial charge in [0.05, 0.1) is 5.56 Å². The van der Waals surface area contributed by atoms with E-state index in [4.69, 9.17) is 10.8 Å². The van der Waals surface area contributed by atoms with Gasteiger partial charge in [-0.05, 0) is 12.1 Å². The van der Waals surface area contributed by atoms with Crippen LogP contribution in [0, 0.1) is 0 Å². The molecule has 0 atom stereocenters. The van der Waals surface area contributed by atoms with Crippen LogP contribution in [0.3, 0.4) is 0 Å². The maximum Gasteiger partial charge on any atom is 0.416 e. The van der Waals surface area contributed by atoms with Gasteiger partial charge in [0, 0.05) is 5.56 Å². The van der Waals surface area contributed by atoms with Gasteiger partial charge in [-0.3, -0.25) is 0 Å². The third-order valence-corrected chi connectivity index (χ3v) is 3.23. The Bertz CT molecular complexity index is 637. The molecule has 4 nitrogen and oxygen atoms in total. The third kappa shape index (κ3) is 2.68. The molecule has 0 radical (unpaired) electrons. The average molecular weight is 288 g/mol. The first-order valence-electron chi connectivity index (χ1n) is 4.96. The van der Waals surface area contributed by atoms with E-state index >= 15 is 0 Å². The number of hydrogen-bond acceptors (Lipinski definition) is 4. The summed E-state index contributed by atoms with van der Waals surface area (Å²) >= 11 is 0.834. The Labute approximate surface area is 109 Å². The number of nitrogen functional groups attached to an aromatic ring is 1. The maximum atomic E-state index is 12.6. The van der Waals surface area contributed by atoms with Crippen LogP contribution in [0.25, 0.3) is 10.6 Å². The van der Waals surface area contributed by atoms with Crippen molar-refractivity contribution in [2.45, 2.75) is 6.18 Å². The minimum absolute atomic E-state index is 0.0417. The first-order valence-corrected chi connectivity index (χ1v) is 5.78. The lowest BCUT2D eigenvalue weighted by Gasteiger charge is -2.07.